The van der Waals surface area contributed by atoms with E-state index in [1.807, 2.05) is 49.4 Å². The zero-order valence-electron chi connectivity index (χ0n) is 17.8. The molecule has 8 heteroatoms. The summed E-state index contributed by atoms with van der Waals surface area (Å²) >= 11 is -1.32. The van der Waals surface area contributed by atoms with Crippen LogP contribution in [-0.2, 0) is 11.3 Å². The molecule has 0 aliphatic carbocycles. The van der Waals surface area contributed by atoms with E-state index in [2.05, 4.69) is 12.1 Å². The number of carboxylic acid groups (broad SMARTS) is 1. The van der Waals surface area contributed by atoms with Crippen LogP contribution in [0.1, 0.15) is 15.9 Å². The van der Waals surface area contributed by atoms with E-state index >= 15 is 0 Å². The summed E-state index contributed by atoms with van der Waals surface area (Å²) in [4.78, 5) is 12.2. The van der Waals surface area contributed by atoms with Crippen molar-refractivity contribution in [2.75, 3.05) is 11.4 Å². The van der Waals surface area contributed by atoms with Crippen LogP contribution in [0, 0.1) is 6.92 Å². The van der Waals surface area contributed by atoms with E-state index in [4.69, 9.17) is 4.74 Å². The minimum Gasteiger partial charge on any atom is -0.755 e. The van der Waals surface area contributed by atoms with Gasteiger partial charge in [0.2, 0.25) is 0 Å². The second-order valence-electron chi connectivity index (χ2n) is 7.24. The van der Waals surface area contributed by atoms with E-state index < -0.39 is 17.2 Å². The van der Waals surface area contributed by atoms with Crippen LogP contribution in [0.15, 0.2) is 78.9 Å². The largest absolute Gasteiger partial charge is 0.755 e. The molecule has 4 aromatic rings. The predicted octanol–water partition coefficient (Wildman–Crippen LogP) is 6.03. The van der Waals surface area contributed by atoms with E-state index in [-0.39, 0.29) is 17.0 Å². The number of carboxylic acids is 1. The third-order valence-electron chi connectivity index (χ3n) is 5.20. The molecule has 0 fully saturated rings. The minimum atomic E-state index is -2.65. The average molecular weight is 479 g/mol. The van der Waals surface area contributed by atoms with E-state index in [9.17, 15) is 18.7 Å². The number of thiophene rings is 1. The molecular weight excluding hydrogens is 458 g/mol. The number of anilines is 2. The quantitative estimate of drug-likeness (QED) is 0.328. The first-order valence-electron chi connectivity index (χ1n) is 9.96. The van der Waals surface area contributed by atoms with Gasteiger partial charge in [0.15, 0.2) is 0 Å². The summed E-state index contributed by atoms with van der Waals surface area (Å²) in [5, 5.41) is 9.69. The van der Waals surface area contributed by atoms with Crippen LogP contribution in [0.2, 0.25) is 0 Å². The smallest absolute Gasteiger partial charge is 0.335 e. The maximum atomic E-state index is 12.2. The molecule has 1 heterocycles. The Morgan fingerprint density at radius 2 is 1.76 bits per heavy atom. The Kier molecular flexibility index (Phi) is 6.60. The van der Waals surface area contributed by atoms with Gasteiger partial charge in [0, 0.05) is 4.88 Å². The molecule has 0 amide bonds. The summed E-state index contributed by atoms with van der Waals surface area (Å²) in [5.41, 5.74) is 4.49. The number of carbonyl (C=O) groups is 1. The number of hydrogen-bond acceptors (Lipinski definition) is 5. The van der Waals surface area contributed by atoms with Crippen LogP contribution in [-0.4, -0.2) is 26.9 Å². The van der Waals surface area contributed by atoms with Crippen LogP contribution >= 0.6 is 11.3 Å². The van der Waals surface area contributed by atoms with E-state index in [0.717, 1.165) is 31.4 Å². The normalized spacial score (nSPS) is 11.7. The molecular formula is C25H20NO5S2-. The van der Waals surface area contributed by atoms with Gasteiger partial charge in [0.25, 0.3) is 0 Å². The number of methoxy groups -OCH3 is 1. The lowest BCUT2D eigenvalue weighted by Crippen LogP contribution is -2.19. The lowest BCUT2D eigenvalue weighted by Gasteiger charge is -2.26. The van der Waals surface area contributed by atoms with Gasteiger partial charge in [-0.2, -0.15) is 0 Å². The molecule has 4 rings (SSSR count). The second-order valence-corrected chi connectivity index (χ2v) is 9.10. The first-order valence-corrected chi connectivity index (χ1v) is 11.8. The highest BCUT2D eigenvalue weighted by molar-refractivity contribution is 7.81. The lowest BCUT2D eigenvalue weighted by atomic mass is 9.99. The Balaban J connectivity index is 1.76. The van der Waals surface area contributed by atoms with E-state index in [1.165, 1.54) is 36.6 Å². The fourth-order valence-electron chi connectivity index (χ4n) is 3.53. The van der Waals surface area contributed by atoms with Crippen LogP contribution < -0.4 is 9.04 Å². The lowest BCUT2D eigenvalue weighted by molar-refractivity contribution is 0.0696. The topological polar surface area (TPSA) is 89.9 Å². The number of benzene rings is 3. The predicted molar refractivity (Wildman–Crippen MR) is 131 cm³/mol. The molecule has 0 saturated carbocycles. The molecule has 0 saturated heterocycles. The first-order chi connectivity index (χ1) is 15.9. The molecule has 0 radical (unpaired) electrons. The molecule has 1 aromatic heterocycles. The third-order valence-corrected chi connectivity index (χ3v) is 7.11. The number of ether oxygens (including phenoxy) is 1. The molecule has 0 bridgehead atoms. The van der Waals surface area contributed by atoms with Crippen LogP contribution in [0.3, 0.4) is 0 Å². The Morgan fingerprint density at radius 3 is 2.42 bits per heavy atom. The molecule has 1 atom stereocenters. The maximum absolute atomic E-state index is 12.2. The molecule has 168 valence electrons. The van der Waals surface area contributed by atoms with Gasteiger partial charge in [-0.25, -0.2) is 4.79 Å². The van der Waals surface area contributed by atoms with Crippen molar-refractivity contribution in [1.29, 1.82) is 0 Å². The Hall–Kier alpha value is -3.46. The summed E-state index contributed by atoms with van der Waals surface area (Å²) in [5.74, 6) is -0.974. The van der Waals surface area contributed by atoms with Crippen molar-refractivity contribution in [2.24, 2.45) is 0 Å². The van der Waals surface area contributed by atoms with Crippen molar-refractivity contribution in [3.8, 4) is 27.3 Å². The van der Waals surface area contributed by atoms with Crippen molar-refractivity contribution >= 4 is 39.3 Å². The van der Waals surface area contributed by atoms with Crippen LogP contribution in [0.25, 0.3) is 21.6 Å². The fourth-order valence-corrected chi connectivity index (χ4v) is 5.35. The number of aryl methyl sites for hydroxylation is 1. The summed E-state index contributed by atoms with van der Waals surface area (Å²) in [6.45, 7) is 2.01. The molecule has 3 aromatic carbocycles. The van der Waals surface area contributed by atoms with Crippen LogP contribution in [0.4, 0.5) is 10.7 Å². The molecule has 33 heavy (non-hydrogen) atoms. The van der Waals surface area contributed by atoms with E-state index in [0.29, 0.717) is 5.00 Å². The van der Waals surface area contributed by atoms with Gasteiger partial charge in [0.1, 0.15) is 10.8 Å². The maximum Gasteiger partial charge on any atom is 0.335 e. The van der Waals surface area contributed by atoms with Gasteiger partial charge in [-0.3, -0.25) is 8.51 Å². The Labute approximate surface area is 198 Å². The van der Waals surface area contributed by atoms with Gasteiger partial charge < -0.3 is 14.4 Å². The molecule has 0 aliphatic rings. The first kappa shape index (κ1) is 22.7. The number of aromatic carboxylic acids is 1. The molecule has 1 N–H and O–H groups in total. The summed E-state index contributed by atoms with van der Waals surface area (Å²) in [6.07, 6.45) is 0. The van der Waals surface area contributed by atoms with Crippen molar-refractivity contribution in [3.63, 3.8) is 0 Å². The fraction of sp³-hybridized carbons (Fsp3) is 0.0800. The number of nitrogens with zero attached hydrogens (tertiary/aromatic N) is 1. The zero-order chi connectivity index (χ0) is 23.5. The van der Waals surface area contributed by atoms with Gasteiger partial charge in [-0.05, 0) is 65.6 Å². The highest BCUT2D eigenvalue weighted by atomic mass is 32.2. The van der Waals surface area contributed by atoms with Crippen molar-refractivity contribution in [1.82, 2.24) is 0 Å². The minimum absolute atomic E-state index is 0.00690. The summed E-state index contributed by atoms with van der Waals surface area (Å²) in [7, 11) is 1.37. The SMILES string of the molecule is COc1cc(C(=O)O)ccc1N(c1ccc(-c2cc(-c3ccccc3)ccc2C)s1)S(=O)[O-]. The monoisotopic (exact) mass is 478 g/mol. The van der Waals surface area contributed by atoms with Crippen LogP contribution in [0.5, 0.6) is 5.75 Å². The molecule has 0 spiro atoms. The Morgan fingerprint density at radius 1 is 1.00 bits per heavy atom. The molecule has 0 aliphatic heterocycles. The standard InChI is InChI=1S/C25H21NO5S2/c1-16-8-9-18(17-6-4-3-5-7-17)14-20(16)23-12-13-24(32-23)26(33(29)30)21-11-10-19(25(27)28)15-22(21)31-2/h3-15H,1-2H3,(H,27,28)(H,29,30)/p-1. The van der Waals surface area contributed by atoms with Gasteiger partial charge in [-0.15, -0.1) is 11.3 Å². The average Bonchev–Trinajstić information content (AvgIpc) is 3.29. The van der Waals surface area contributed by atoms with E-state index in [1.54, 1.807) is 6.07 Å². The Bertz CT molecular complexity index is 1330. The zero-order valence-corrected chi connectivity index (χ0v) is 19.5. The number of rotatable bonds is 7. The number of hydrogen-bond donors (Lipinski definition) is 1. The highest BCUT2D eigenvalue weighted by Gasteiger charge is 2.20. The van der Waals surface area contributed by atoms with Gasteiger partial charge >= 0.3 is 5.97 Å². The van der Waals surface area contributed by atoms with Gasteiger partial charge in [0.05, 0.1) is 29.6 Å². The summed E-state index contributed by atoms with van der Waals surface area (Å²) < 4.78 is 30.8. The second kappa shape index (κ2) is 9.58. The van der Waals surface area contributed by atoms with Crippen molar-refractivity contribution in [3.05, 3.63) is 90.0 Å². The van der Waals surface area contributed by atoms with Crippen molar-refractivity contribution < 1.29 is 23.4 Å². The molecule has 1 unspecified atom stereocenters. The summed E-state index contributed by atoms with van der Waals surface area (Å²) in [6, 6.07) is 24.0. The molecule has 6 nitrogen and oxygen atoms in total. The third kappa shape index (κ3) is 4.68. The van der Waals surface area contributed by atoms with Crippen molar-refractivity contribution in [2.45, 2.75) is 6.92 Å². The highest BCUT2D eigenvalue weighted by Crippen LogP contribution is 2.42. The van der Waals surface area contributed by atoms with Gasteiger partial charge in [-0.1, -0.05) is 42.5 Å².